The van der Waals surface area contributed by atoms with Crippen LogP contribution in [0.4, 0.5) is 17.1 Å². The number of benzene rings is 1. The van der Waals surface area contributed by atoms with Gasteiger partial charge in [0.15, 0.2) is 0 Å². The number of aliphatic hydroxyl groups is 1. The third-order valence-corrected chi connectivity index (χ3v) is 7.62. The number of hydrazone groups is 1. The van der Waals surface area contributed by atoms with Crippen molar-refractivity contribution >= 4 is 34.5 Å². The molecule has 28 heavy (non-hydrogen) atoms. The Hall–Kier alpha value is -2.20. The number of aliphatic hydroxyl groups excluding tert-OH is 1. The number of anilines is 1. The smallest absolute Gasteiger partial charge is 0.301 e. The van der Waals surface area contributed by atoms with Gasteiger partial charge in [0.2, 0.25) is 0 Å². The first-order chi connectivity index (χ1) is 13.2. The van der Waals surface area contributed by atoms with Gasteiger partial charge in [-0.1, -0.05) is 13.8 Å². The second kappa shape index (κ2) is 7.67. The molecule has 10 heteroatoms. The Labute approximate surface area is 166 Å². The fourth-order valence-corrected chi connectivity index (χ4v) is 5.91. The van der Waals surface area contributed by atoms with Gasteiger partial charge in [0.25, 0.3) is 5.69 Å². The Morgan fingerprint density at radius 2 is 2.07 bits per heavy atom. The molecule has 0 aromatic heterocycles. The first-order valence-electron chi connectivity index (χ1n) is 9.17. The Morgan fingerprint density at radius 1 is 1.32 bits per heavy atom. The fraction of sp³-hybridized carbons (Fsp3) is 0.611. The molecule has 2 fully saturated rings. The largest absolute Gasteiger partial charge is 0.396 e. The van der Waals surface area contributed by atoms with Crippen molar-refractivity contribution in [3.63, 3.8) is 0 Å². The van der Waals surface area contributed by atoms with Crippen molar-refractivity contribution in [3.8, 4) is 0 Å². The molecule has 0 aliphatic heterocycles. The summed E-state index contributed by atoms with van der Waals surface area (Å²) in [6.45, 7) is 4.63. The molecule has 0 heterocycles. The summed E-state index contributed by atoms with van der Waals surface area (Å²) in [6.07, 6.45) is 2.97. The molecule has 3 rings (SSSR count). The summed E-state index contributed by atoms with van der Waals surface area (Å²) >= 11 is 1.70. The molecule has 2 bridgehead atoms. The van der Waals surface area contributed by atoms with Gasteiger partial charge in [-0.05, 0) is 36.7 Å². The van der Waals surface area contributed by atoms with Gasteiger partial charge in [-0.25, -0.2) is 0 Å². The van der Waals surface area contributed by atoms with Gasteiger partial charge in [-0.2, -0.15) is 16.9 Å². The highest BCUT2D eigenvalue weighted by molar-refractivity contribution is 7.99. The molecule has 0 amide bonds. The second-order valence-electron chi connectivity index (χ2n) is 7.91. The van der Waals surface area contributed by atoms with Crippen LogP contribution in [0.2, 0.25) is 0 Å². The van der Waals surface area contributed by atoms with Crippen LogP contribution >= 0.6 is 11.8 Å². The van der Waals surface area contributed by atoms with Crippen LogP contribution in [0.3, 0.4) is 0 Å². The number of hydrogen-bond donors (Lipinski definition) is 2. The number of nitrogens with one attached hydrogen (secondary N) is 1. The van der Waals surface area contributed by atoms with E-state index in [4.69, 9.17) is 5.11 Å². The summed E-state index contributed by atoms with van der Waals surface area (Å²) in [5.41, 5.74) is 3.19. The molecule has 2 aliphatic carbocycles. The molecule has 1 aromatic carbocycles. The van der Waals surface area contributed by atoms with E-state index in [1.165, 1.54) is 12.1 Å². The number of thioether (sulfide) groups is 1. The Balaban J connectivity index is 1.89. The van der Waals surface area contributed by atoms with Crippen LogP contribution in [0.5, 0.6) is 0 Å². The van der Waals surface area contributed by atoms with Gasteiger partial charge in [0, 0.05) is 28.7 Å². The summed E-state index contributed by atoms with van der Waals surface area (Å²) in [6, 6.07) is 3.50. The third kappa shape index (κ3) is 3.35. The normalized spacial score (nSPS) is 26.5. The molecular weight excluding hydrogens is 384 g/mol. The van der Waals surface area contributed by atoms with Crippen molar-refractivity contribution in [1.82, 2.24) is 0 Å². The van der Waals surface area contributed by atoms with Crippen molar-refractivity contribution in [1.29, 1.82) is 0 Å². The number of hydrogen-bond acceptors (Lipinski definition) is 8. The van der Waals surface area contributed by atoms with E-state index in [0.717, 1.165) is 36.8 Å². The van der Waals surface area contributed by atoms with Gasteiger partial charge >= 0.3 is 5.69 Å². The van der Waals surface area contributed by atoms with E-state index < -0.39 is 9.85 Å². The number of nitro groups is 2. The van der Waals surface area contributed by atoms with E-state index in [0.29, 0.717) is 11.7 Å². The van der Waals surface area contributed by atoms with Gasteiger partial charge < -0.3 is 5.11 Å². The SMILES string of the molecule is CC1(C)C2CCC1(CSCCO)C(=NNc1ccc([N+](=O)[O-])cc1[N+](=O)[O-])C2. The van der Waals surface area contributed by atoms with Crippen LogP contribution in [0.15, 0.2) is 23.3 Å². The number of rotatable bonds is 8. The van der Waals surface area contributed by atoms with Crippen LogP contribution < -0.4 is 5.43 Å². The lowest BCUT2D eigenvalue weighted by Crippen LogP contribution is -2.39. The second-order valence-corrected chi connectivity index (χ2v) is 9.01. The first-order valence-corrected chi connectivity index (χ1v) is 10.3. The van der Waals surface area contributed by atoms with E-state index >= 15 is 0 Å². The number of nitro benzene ring substituents is 2. The molecule has 2 unspecified atom stereocenters. The fourth-order valence-electron chi connectivity index (χ4n) is 4.61. The Kier molecular flexibility index (Phi) is 5.62. The predicted octanol–water partition coefficient (Wildman–Crippen LogP) is 3.82. The molecule has 152 valence electrons. The maximum atomic E-state index is 11.3. The monoisotopic (exact) mass is 408 g/mol. The highest BCUT2D eigenvalue weighted by atomic mass is 32.2. The van der Waals surface area contributed by atoms with Crippen molar-refractivity contribution < 1.29 is 15.0 Å². The number of non-ortho nitro benzene ring substituents is 1. The molecule has 2 saturated carbocycles. The average molecular weight is 408 g/mol. The molecule has 2 aliphatic rings. The van der Waals surface area contributed by atoms with Crippen molar-refractivity contribution in [2.75, 3.05) is 23.5 Å². The van der Waals surface area contributed by atoms with E-state index in [2.05, 4.69) is 24.4 Å². The minimum atomic E-state index is -0.658. The van der Waals surface area contributed by atoms with Gasteiger partial charge in [0.05, 0.1) is 22.5 Å². The third-order valence-electron chi connectivity index (χ3n) is 6.45. The topological polar surface area (TPSA) is 131 Å². The minimum absolute atomic E-state index is 0.0668. The highest BCUT2D eigenvalue weighted by Crippen LogP contribution is 2.65. The first kappa shape index (κ1) is 20.5. The van der Waals surface area contributed by atoms with Crippen molar-refractivity contribution in [2.45, 2.75) is 33.1 Å². The lowest BCUT2D eigenvalue weighted by molar-refractivity contribution is -0.393. The summed E-state index contributed by atoms with van der Waals surface area (Å²) in [4.78, 5) is 20.9. The minimum Gasteiger partial charge on any atom is -0.396 e. The van der Waals surface area contributed by atoms with Gasteiger partial charge in [0.1, 0.15) is 5.69 Å². The number of fused-ring (bicyclic) bond motifs is 2. The Bertz CT molecular complexity index is 828. The summed E-state index contributed by atoms with van der Waals surface area (Å²) in [7, 11) is 0. The standard InChI is InChI=1S/C18H24N4O5S/c1-17(2)12-5-6-18(17,11-28-8-7-23)16(9-12)20-19-14-4-3-13(21(24)25)10-15(14)22(26)27/h3-4,10,12,19,23H,5-9,11H2,1-2H3. The highest BCUT2D eigenvalue weighted by Gasteiger charge is 2.62. The quantitative estimate of drug-likeness (QED) is 0.380. The van der Waals surface area contributed by atoms with Gasteiger partial charge in [-0.3, -0.25) is 25.7 Å². The molecule has 0 spiro atoms. The lowest BCUT2D eigenvalue weighted by Gasteiger charge is -2.38. The predicted molar refractivity (Wildman–Crippen MR) is 109 cm³/mol. The van der Waals surface area contributed by atoms with Crippen LogP contribution in [0, 0.1) is 37.0 Å². The van der Waals surface area contributed by atoms with Crippen LogP contribution in [-0.4, -0.2) is 38.8 Å². The zero-order valence-electron chi connectivity index (χ0n) is 15.9. The summed E-state index contributed by atoms with van der Waals surface area (Å²) < 4.78 is 0. The van der Waals surface area contributed by atoms with Crippen LogP contribution in [0.1, 0.15) is 33.1 Å². The zero-order valence-corrected chi connectivity index (χ0v) is 16.7. The van der Waals surface area contributed by atoms with E-state index in [1.807, 2.05) is 0 Å². The maximum Gasteiger partial charge on any atom is 0.301 e. The molecule has 0 saturated heterocycles. The van der Waals surface area contributed by atoms with Crippen LogP contribution in [0.25, 0.3) is 0 Å². The van der Waals surface area contributed by atoms with Gasteiger partial charge in [-0.15, -0.1) is 0 Å². The molecular formula is C18H24N4O5S. The van der Waals surface area contributed by atoms with E-state index in [-0.39, 0.29) is 34.5 Å². The Morgan fingerprint density at radius 3 is 2.68 bits per heavy atom. The molecule has 9 nitrogen and oxygen atoms in total. The molecule has 2 atom stereocenters. The maximum absolute atomic E-state index is 11.3. The number of nitrogens with zero attached hydrogens (tertiary/aromatic N) is 3. The summed E-state index contributed by atoms with van der Waals surface area (Å²) in [5, 5.41) is 35.9. The summed E-state index contributed by atoms with van der Waals surface area (Å²) in [5.74, 6) is 2.02. The molecule has 2 N–H and O–H groups in total. The zero-order chi connectivity index (χ0) is 20.5. The molecule has 1 aromatic rings. The van der Waals surface area contributed by atoms with Crippen LogP contribution in [-0.2, 0) is 0 Å². The van der Waals surface area contributed by atoms with Crippen molar-refractivity contribution in [3.05, 3.63) is 38.4 Å². The lowest BCUT2D eigenvalue weighted by atomic mass is 9.70. The van der Waals surface area contributed by atoms with Crippen molar-refractivity contribution in [2.24, 2.45) is 21.8 Å². The molecule has 0 radical (unpaired) electrons. The average Bonchev–Trinajstić information content (AvgIpc) is 3.01. The van der Waals surface area contributed by atoms with E-state index in [9.17, 15) is 20.2 Å². The van der Waals surface area contributed by atoms with E-state index in [1.54, 1.807) is 11.8 Å².